The molecule has 0 aliphatic rings. The van der Waals surface area contributed by atoms with Crippen LogP contribution in [0.1, 0.15) is 187 Å². The lowest BCUT2D eigenvalue weighted by atomic mass is 9.85. The summed E-state index contributed by atoms with van der Waals surface area (Å²) in [6, 6.07) is 36.3. The molecule has 0 heterocycles. The molecule has 282 valence electrons. The van der Waals surface area contributed by atoms with Crippen LogP contribution in [0.2, 0.25) is 0 Å². The highest BCUT2D eigenvalue weighted by molar-refractivity contribution is 5.44. The maximum absolute atomic E-state index is 6.05. The molecule has 0 aliphatic carbocycles. The lowest BCUT2D eigenvalue weighted by Crippen LogP contribution is -2.03. The molecule has 0 saturated heterocycles. The van der Waals surface area contributed by atoms with Crippen molar-refractivity contribution in [2.24, 2.45) is 0 Å². The van der Waals surface area contributed by atoms with Crippen molar-refractivity contribution in [2.45, 2.75) is 167 Å². The van der Waals surface area contributed by atoms with E-state index in [1.807, 2.05) is 0 Å². The predicted octanol–water partition coefficient (Wildman–Crippen LogP) is 14.7. The molecule has 4 N–H and O–H groups in total. The van der Waals surface area contributed by atoms with Gasteiger partial charge in [0.05, 0.1) is 0 Å². The molecule has 0 saturated carbocycles. The third-order valence-electron chi connectivity index (χ3n) is 11.3. The third-order valence-corrected chi connectivity index (χ3v) is 11.3. The van der Waals surface area contributed by atoms with Gasteiger partial charge in [0.25, 0.3) is 0 Å². The first-order chi connectivity index (χ1) is 25.6. The molecule has 4 aromatic rings. The highest BCUT2D eigenvalue weighted by atomic mass is 14.5. The summed E-state index contributed by atoms with van der Waals surface area (Å²) in [5, 5.41) is 0. The Labute approximate surface area is 319 Å². The maximum Gasteiger partial charge on any atom is 0.0314 e. The van der Waals surface area contributed by atoms with Gasteiger partial charge in [-0.2, -0.15) is 0 Å². The zero-order valence-corrected chi connectivity index (χ0v) is 33.1. The first-order valence-corrected chi connectivity index (χ1v) is 21.5. The first-order valence-electron chi connectivity index (χ1n) is 21.5. The zero-order chi connectivity index (χ0) is 36.6. The van der Waals surface area contributed by atoms with Gasteiger partial charge in [0.2, 0.25) is 0 Å². The smallest absolute Gasteiger partial charge is 0.0314 e. The lowest BCUT2D eigenvalue weighted by Gasteiger charge is -2.19. The van der Waals surface area contributed by atoms with E-state index in [-0.39, 0.29) is 0 Å². The minimum absolute atomic E-state index is 0.442. The molecule has 4 rings (SSSR count). The lowest BCUT2D eigenvalue weighted by molar-refractivity contribution is 0.551. The van der Waals surface area contributed by atoms with Crippen LogP contribution in [0.4, 0.5) is 11.4 Å². The van der Waals surface area contributed by atoms with E-state index in [2.05, 4.69) is 111 Å². The van der Waals surface area contributed by atoms with Crippen molar-refractivity contribution in [3.8, 4) is 0 Å². The second-order valence-corrected chi connectivity index (χ2v) is 15.7. The first kappa shape index (κ1) is 41.2. The van der Waals surface area contributed by atoms with Crippen LogP contribution in [0, 0.1) is 0 Å². The molecule has 0 aliphatic heterocycles. The number of hydrogen-bond acceptors (Lipinski definition) is 2. The summed E-state index contributed by atoms with van der Waals surface area (Å²) in [5.41, 5.74) is 22.4. The van der Waals surface area contributed by atoms with E-state index >= 15 is 0 Å². The Hall–Kier alpha value is -3.52. The van der Waals surface area contributed by atoms with Crippen LogP contribution in [0.25, 0.3) is 0 Å². The maximum atomic E-state index is 6.05. The SMILES string of the molecule is CCCCCCCCCCC(c1ccc(N)cc1)c1ccc(CCCCc2ccc(C(CCCCCCCCCC)c3ccc(N)cc3)cc2)cc1. The summed E-state index contributed by atoms with van der Waals surface area (Å²) >= 11 is 0. The van der Waals surface area contributed by atoms with Gasteiger partial charge in [-0.1, -0.05) is 189 Å². The van der Waals surface area contributed by atoms with Crippen LogP contribution in [0.3, 0.4) is 0 Å². The van der Waals surface area contributed by atoms with E-state index in [4.69, 9.17) is 11.5 Å². The molecule has 4 aromatic carbocycles. The number of unbranched alkanes of at least 4 members (excludes halogenated alkanes) is 15. The van der Waals surface area contributed by atoms with Crippen molar-refractivity contribution in [3.63, 3.8) is 0 Å². The van der Waals surface area contributed by atoms with Gasteiger partial charge in [-0.05, 0) is 96.2 Å². The Balaban J connectivity index is 1.24. The molecule has 0 amide bonds. The molecular formula is C50H72N2. The van der Waals surface area contributed by atoms with Crippen molar-refractivity contribution in [1.29, 1.82) is 0 Å². The van der Waals surface area contributed by atoms with Gasteiger partial charge >= 0.3 is 0 Å². The van der Waals surface area contributed by atoms with Crippen molar-refractivity contribution >= 4 is 11.4 Å². The average molecular weight is 701 g/mol. The molecule has 0 bridgehead atoms. The summed E-state index contributed by atoms with van der Waals surface area (Å²) in [4.78, 5) is 0. The Morgan fingerprint density at radius 3 is 0.904 bits per heavy atom. The monoisotopic (exact) mass is 701 g/mol. The van der Waals surface area contributed by atoms with Crippen molar-refractivity contribution in [2.75, 3.05) is 11.5 Å². The normalized spacial score (nSPS) is 12.6. The highest BCUT2D eigenvalue weighted by Crippen LogP contribution is 2.33. The van der Waals surface area contributed by atoms with Crippen LogP contribution >= 0.6 is 0 Å². The van der Waals surface area contributed by atoms with Crippen LogP contribution in [-0.4, -0.2) is 0 Å². The summed E-state index contributed by atoms with van der Waals surface area (Å²) in [7, 11) is 0. The topological polar surface area (TPSA) is 52.0 Å². The molecule has 0 fully saturated rings. The number of anilines is 2. The third kappa shape index (κ3) is 15.2. The van der Waals surface area contributed by atoms with Crippen LogP contribution < -0.4 is 11.5 Å². The second kappa shape index (κ2) is 24.7. The van der Waals surface area contributed by atoms with Gasteiger partial charge in [-0.15, -0.1) is 0 Å². The number of nitrogen functional groups attached to an aromatic ring is 2. The Morgan fingerprint density at radius 1 is 0.327 bits per heavy atom. The number of hydrogen-bond donors (Lipinski definition) is 2. The van der Waals surface area contributed by atoms with Crippen LogP contribution in [0.5, 0.6) is 0 Å². The molecule has 52 heavy (non-hydrogen) atoms. The molecule has 0 spiro atoms. The minimum atomic E-state index is 0.442. The van der Waals surface area contributed by atoms with E-state index in [9.17, 15) is 0 Å². The Kier molecular flexibility index (Phi) is 19.6. The van der Waals surface area contributed by atoms with Gasteiger partial charge in [0, 0.05) is 23.2 Å². The number of benzene rings is 4. The highest BCUT2D eigenvalue weighted by Gasteiger charge is 2.16. The molecule has 2 atom stereocenters. The van der Waals surface area contributed by atoms with Gasteiger partial charge in [-0.3, -0.25) is 0 Å². The average Bonchev–Trinajstić information content (AvgIpc) is 3.17. The van der Waals surface area contributed by atoms with E-state index in [0.717, 1.165) is 24.2 Å². The predicted molar refractivity (Wildman–Crippen MR) is 229 cm³/mol. The molecule has 2 heteroatoms. The van der Waals surface area contributed by atoms with Crippen LogP contribution in [-0.2, 0) is 12.8 Å². The number of rotatable bonds is 27. The molecule has 0 aromatic heterocycles. The minimum Gasteiger partial charge on any atom is -0.399 e. The van der Waals surface area contributed by atoms with Crippen molar-refractivity contribution in [3.05, 3.63) is 130 Å². The van der Waals surface area contributed by atoms with Gasteiger partial charge in [-0.25, -0.2) is 0 Å². The summed E-state index contributed by atoms with van der Waals surface area (Å²) in [6.45, 7) is 4.59. The van der Waals surface area contributed by atoms with Gasteiger partial charge in [0.1, 0.15) is 0 Å². The van der Waals surface area contributed by atoms with Gasteiger partial charge < -0.3 is 11.5 Å². The molecule has 0 radical (unpaired) electrons. The second-order valence-electron chi connectivity index (χ2n) is 15.7. The van der Waals surface area contributed by atoms with Crippen LogP contribution in [0.15, 0.2) is 97.1 Å². The molecular weight excluding hydrogens is 629 g/mol. The molecule has 2 nitrogen and oxygen atoms in total. The summed E-state index contributed by atoms with van der Waals surface area (Å²) in [5.74, 6) is 0.885. The quantitative estimate of drug-likeness (QED) is 0.0480. The van der Waals surface area contributed by atoms with E-state index < -0.39 is 0 Å². The van der Waals surface area contributed by atoms with E-state index in [0.29, 0.717) is 11.8 Å². The van der Waals surface area contributed by atoms with Crippen molar-refractivity contribution in [1.82, 2.24) is 0 Å². The number of aryl methyl sites for hydroxylation is 2. The fourth-order valence-corrected chi connectivity index (χ4v) is 7.96. The van der Waals surface area contributed by atoms with E-state index in [1.54, 1.807) is 0 Å². The number of nitrogens with two attached hydrogens (primary N) is 2. The van der Waals surface area contributed by atoms with Crippen molar-refractivity contribution < 1.29 is 0 Å². The fourth-order valence-electron chi connectivity index (χ4n) is 7.96. The zero-order valence-electron chi connectivity index (χ0n) is 33.1. The Morgan fingerprint density at radius 2 is 0.596 bits per heavy atom. The largest absolute Gasteiger partial charge is 0.399 e. The van der Waals surface area contributed by atoms with E-state index in [1.165, 1.54) is 162 Å². The summed E-state index contributed by atoms with van der Waals surface area (Å²) in [6.07, 6.45) is 28.9. The fraction of sp³-hybridized carbons (Fsp3) is 0.520. The summed E-state index contributed by atoms with van der Waals surface area (Å²) < 4.78 is 0. The standard InChI is InChI=1S/C50H72N2/c1-3-5-7-9-11-13-15-17-23-49(45-33-37-47(51)38-34-45)43-29-25-41(26-30-43)21-19-20-22-42-27-31-44(32-28-42)50(46-35-39-48(52)40-36-46)24-18-16-14-12-10-8-6-4-2/h25-40,49-50H,3-24,51-52H2,1-2H3. The Bertz CT molecular complexity index is 1340. The van der Waals surface area contributed by atoms with Gasteiger partial charge in [0.15, 0.2) is 0 Å². The molecule has 2 unspecified atom stereocenters.